The van der Waals surface area contributed by atoms with Crippen LogP contribution in [0.1, 0.15) is 5.82 Å². The number of aryl methyl sites for hydroxylation is 1. The van der Waals surface area contributed by atoms with Crippen molar-refractivity contribution in [3.8, 4) is 0 Å². The standard InChI is InChI=1S/C16H16N8S/c1-11-20-21-15-14(17-3-4-24(11)15)23-7-5-22(6-8-23)13-12-2-9-25-16(12)19-10-18-13/h2-4,9-10H,5-8H2,1H3. The highest BCUT2D eigenvalue weighted by atomic mass is 32.1. The number of hydrogen-bond donors (Lipinski definition) is 0. The van der Waals surface area contributed by atoms with Gasteiger partial charge in [0, 0.05) is 38.6 Å². The fraction of sp³-hybridized carbons (Fsp3) is 0.312. The van der Waals surface area contributed by atoms with Crippen LogP contribution < -0.4 is 9.80 Å². The number of hydrogen-bond acceptors (Lipinski definition) is 8. The Morgan fingerprint density at radius 2 is 1.76 bits per heavy atom. The molecule has 5 rings (SSSR count). The summed E-state index contributed by atoms with van der Waals surface area (Å²) in [5, 5.41) is 11.6. The van der Waals surface area contributed by atoms with E-state index in [2.05, 4.69) is 46.4 Å². The van der Waals surface area contributed by atoms with Gasteiger partial charge in [-0.3, -0.25) is 4.40 Å². The number of anilines is 2. The van der Waals surface area contributed by atoms with Gasteiger partial charge >= 0.3 is 0 Å². The van der Waals surface area contributed by atoms with E-state index in [4.69, 9.17) is 0 Å². The topological polar surface area (TPSA) is 75.3 Å². The van der Waals surface area contributed by atoms with Gasteiger partial charge in [0.1, 0.15) is 22.8 Å². The fourth-order valence-electron chi connectivity index (χ4n) is 3.31. The first kappa shape index (κ1) is 14.5. The largest absolute Gasteiger partial charge is 0.352 e. The molecule has 0 N–H and O–H groups in total. The summed E-state index contributed by atoms with van der Waals surface area (Å²) >= 11 is 1.65. The molecule has 5 heterocycles. The molecule has 0 saturated carbocycles. The van der Waals surface area contributed by atoms with Gasteiger partial charge in [-0.05, 0) is 18.4 Å². The number of rotatable bonds is 2. The predicted octanol–water partition coefficient (Wildman–Crippen LogP) is 1.76. The summed E-state index contributed by atoms with van der Waals surface area (Å²) in [6.07, 6.45) is 5.37. The SMILES string of the molecule is Cc1nnc2c(N3CCN(c4ncnc5sccc45)CC3)nccn12. The van der Waals surface area contributed by atoms with Crippen molar-refractivity contribution < 1.29 is 0 Å². The summed E-state index contributed by atoms with van der Waals surface area (Å²) in [6.45, 7) is 5.46. The first-order valence-electron chi connectivity index (χ1n) is 8.16. The van der Waals surface area contributed by atoms with Crippen LogP contribution in [0, 0.1) is 6.92 Å². The van der Waals surface area contributed by atoms with Gasteiger partial charge in [0.05, 0.1) is 5.39 Å². The molecule has 9 heteroatoms. The Kier molecular flexibility index (Phi) is 3.27. The van der Waals surface area contributed by atoms with Crippen LogP contribution in [-0.2, 0) is 0 Å². The first-order valence-corrected chi connectivity index (χ1v) is 9.03. The molecule has 4 aromatic heterocycles. The lowest BCUT2D eigenvalue weighted by Gasteiger charge is -2.36. The van der Waals surface area contributed by atoms with Gasteiger partial charge in [-0.1, -0.05) is 0 Å². The van der Waals surface area contributed by atoms with E-state index in [1.54, 1.807) is 17.7 Å². The second-order valence-corrected chi connectivity index (χ2v) is 6.90. The van der Waals surface area contributed by atoms with E-state index < -0.39 is 0 Å². The average Bonchev–Trinajstić information content (AvgIpc) is 3.28. The fourth-order valence-corrected chi connectivity index (χ4v) is 4.04. The van der Waals surface area contributed by atoms with Crippen molar-refractivity contribution in [2.75, 3.05) is 36.0 Å². The lowest BCUT2D eigenvalue weighted by atomic mass is 10.2. The number of aromatic nitrogens is 6. The van der Waals surface area contributed by atoms with Gasteiger partial charge in [-0.2, -0.15) is 0 Å². The Hall–Kier alpha value is -2.81. The van der Waals surface area contributed by atoms with Crippen LogP contribution in [-0.4, -0.2) is 55.7 Å². The minimum atomic E-state index is 0.815. The summed E-state index contributed by atoms with van der Waals surface area (Å²) in [5.41, 5.74) is 0.815. The molecule has 8 nitrogen and oxygen atoms in total. The maximum atomic E-state index is 4.54. The Balaban J connectivity index is 1.42. The summed E-state index contributed by atoms with van der Waals surface area (Å²) in [6, 6.07) is 2.10. The maximum absolute atomic E-state index is 4.54. The molecule has 1 aliphatic rings. The molecule has 25 heavy (non-hydrogen) atoms. The zero-order chi connectivity index (χ0) is 16.8. The van der Waals surface area contributed by atoms with Crippen molar-refractivity contribution in [2.45, 2.75) is 6.92 Å². The third kappa shape index (κ3) is 2.30. The zero-order valence-electron chi connectivity index (χ0n) is 13.7. The molecule has 0 aliphatic carbocycles. The third-order valence-electron chi connectivity index (χ3n) is 4.60. The molecule has 1 saturated heterocycles. The zero-order valence-corrected chi connectivity index (χ0v) is 14.5. The van der Waals surface area contributed by atoms with Crippen molar-refractivity contribution in [1.29, 1.82) is 0 Å². The van der Waals surface area contributed by atoms with Crippen LogP contribution in [0.4, 0.5) is 11.6 Å². The summed E-state index contributed by atoms with van der Waals surface area (Å²) in [5.74, 6) is 2.79. The smallest absolute Gasteiger partial charge is 0.203 e. The van der Waals surface area contributed by atoms with Gasteiger partial charge in [0.15, 0.2) is 5.82 Å². The highest BCUT2D eigenvalue weighted by Crippen LogP contribution is 2.28. The first-order chi connectivity index (χ1) is 12.3. The quantitative estimate of drug-likeness (QED) is 0.544. The van der Waals surface area contributed by atoms with E-state index in [0.717, 1.165) is 59.5 Å². The molecule has 0 atom stereocenters. The normalized spacial score (nSPS) is 15.4. The monoisotopic (exact) mass is 352 g/mol. The molecule has 0 spiro atoms. The van der Waals surface area contributed by atoms with E-state index in [1.165, 1.54) is 0 Å². The van der Waals surface area contributed by atoms with Gasteiger partial charge in [0.25, 0.3) is 0 Å². The van der Waals surface area contributed by atoms with Crippen molar-refractivity contribution in [2.24, 2.45) is 0 Å². The average molecular weight is 352 g/mol. The summed E-state index contributed by atoms with van der Waals surface area (Å²) in [7, 11) is 0. The minimum absolute atomic E-state index is 0.815. The highest BCUT2D eigenvalue weighted by Gasteiger charge is 2.23. The lowest BCUT2D eigenvalue weighted by molar-refractivity contribution is 0.643. The van der Waals surface area contributed by atoms with Crippen LogP contribution in [0.25, 0.3) is 15.9 Å². The maximum Gasteiger partial charge on any atom is 0.203 e. The number of nitrogens with zero attached hydrogens (tertiary/aromatic N) is 8. The van der Waals surface area contributed by atoms with Crippen LogP contribution in [0.5, 0.6) is 0 Å². The van der Waals surface area contributed by atoms with Crippen LogP contribution in [0.2, 0.25) is 0 Å². The minimum Gasteiger partial charge on any atom is -0.352 e. The van der Waals surface area contributed by atoms with Gasteiger partial charge in [-0.25, -0.2) is 15.0 Å². The molecule has 0 amide bonds. The van der Waals surface area contributed by atoms with Gasteiger partial charge < -0.3 is 9.80 Å². The van der Waals surface area contributed by atoms with Gasteiger partial charge in [-0.15, -0.1) is 21.5 Å². The van der Waals surface area contributed by atoms with E-state index in [9.17, 15) is 0 Å². The van der Waals surface area contributed by atoms with E-state index in [1.807, 2.05) is 23.7 Å². The molecule has 1 fully saturated rings. The molecular formula is C16H16N8S. The molecule has 0 radical (unpaired) electrons. The molecule has 0 unspecified atom stereocenters. The van der Waals surface area contributed by atoms with E-state index in [0.29, 0.717) is 0 Å². The summed E-state index contributed by atoms with van der Waals surface area (Å²) < 4.78 is 1.98. The Morgan fingerprint density at radius 1 is 0.960 bits per heavy atom. The second-order valence-electron chi connectivity index (χ2n) is 6.00. The molecule has 1 aliphatic heterocycles. The molecule has 0 aromatic carbocycles. The van der Waals surface area contributed by atoms with E-state index >= 15 is 0 Å². The number of fused-ring (bicyclic) bond motifs is 2. The van der Waals surface area contributed by atoms with Crippen molar-refractivity contribution >= 4 is 38.8 Å². The predicted molar refractivity (Wildman–Crippen MR) is 97.4 cm³/mol. The highest BCUT2D eigenvalue weighted by molar-refractivity contribution is 7.16. The molecule has 126 valence electrons. The van der Waals surface area contributed by atoms with Crippen LogP contribution >= 0.6 is 11.3 Å². The van der Waals surface area contributed by atoms with Crippen molar-refractivity contribution in [3.05, 3.63) is 36.0 Å². The van der Waals surface area contributed by atoms with Crippen LogP contribution in [0.15, 0.2) is 30.2 Å². The Labute approximate surface area is 147 Å². The van der Waals surface area contributed by atoms with Gasteiger partial charge in [0.2, 0.25) is 5.65 Å². The molecule has 4 aromatic rings. The number of piperazine rings is 1. The Bertz CT molecular complexity index is 1050. The number of thiophene rings is 1. The van der Waals surface area contributed by atoms with Crippen molar-refractivity contribution in [1.82, 2.24) is 29.5 Å². The van der Waals surface area contributed by atoms with E-state index in [-0.39, 0.29) is 0 Å². The van der Waals surface area contributed by atoms with Crippen LogP contribution in [0.3, 0.4) is 0 Å². The third-order valence-corrected chi connectivity index (χ3v) is 5.42. The summed E-state index contributed by atoms with van der Waals surface area (Å²) in [4.78, 5) is 19.0. The molecular weight excluding hydrogens is 336 g/mol. The van der Waals surface area contributed by atoms with Crippen molar-refractivity contribution in [3.63, 3.8) is 0 Å². The second kappa shape index (κ2) is 5.62. The molecule has 0 bridgehead atoms. The Morgan fingerprint density at radius 3 is 2.60 bits per heavy atom. The lowest BCUT2D eigenvalue weighted by Crippen LogP contribution is -2.47.